The molecule has 0 amide bonds. The molecule has 0 unspecified atom stereocenters. The molecule has 34 heavy (non-hydrogen) atoms. The normalized spacial score (nSPS) is 18.9. The monoisotopic (exact) mass is 500 g/mol. The fraction of sp³-hybridized carbons (Fsp3) is 0.520. The average molecular weight is 501 g/mol. The number of hydrogen-bond donors (Lipinski definition) is 0. The minimum absolute atomic E-state index is 0.00541. The van der Waals surface area contributed by atoms with Crippen molar-refractivity contribution in [2.45, 2.75) is 38.1 Å². The minimum Gasteiger partial charge on any atom is -0.370 e. The lowest BCUT2D eigenvalue weighted by Gasteiger charge is -2.25. The van der Waals surface area contributed by atoms with Gasteiger partial charge < -0.3 is 9.80 Å². The zero-order chi connectivity index (χ0) is 23.9. The van der Waals surface area contributed by atoms with Crippen LogP contribution in [-0.2, 0) is 16.3 Å². The van der Waals surface area contributed by atoms with E-state index in [1.54, 1.807) is 22.2 Å². The number of rotatable bonds is 9. The summed E-state index contributed by atoms with van der Waals surface area (Å²) in [6.07, 6.45) is 8.89. The zero-order valence-electron chi connectivity index (χ0n) is 19.8. The lowest BCUT2D eigenvalue weighted by atomic mass is 10.2. The van der Waals surface area contributed by atoms with E-state index in [9.17, 15) is 13.2 Å². The van der Waals surface area contributed by atoms with Crippen LogP contribution in [0.3, 0.4) is 0 Å². The van der Waals surface area contributed by atoms with Gasteiger partial charge in [0.05, 0.1) is 17.0 Å². The van der Waals surface area contributed by atoms with Gasteiger partial charge in [0.2, 0.25) is 0 Å². The van der Waals surface area contributed by atoms with Gasteiger partial charge >= 0.3 is 0 Å². The van der Waals surface area contributed by atoms with E-state index in [1.165, 1.54) is 30.4 Å². The molecular formula is C25H32N4O3S2. The molecule has 5 rings (SSSR count). The van der Waals surface area contributed by atoms with Crippen molar-refractivity contribution in [2.75, 3.05) is 43.6 Å². The molecule has 2 aromatic heterocycles. The standard InChI is InChI=1S/C25H32N4O3S2/c1-27(13-14-34(2,31)32)21-11-12-28(16-21)19-6-8-20(9-7-19)29-17-26-23-15-22(10-5-18-3-4-18)33-24(23)25(29)30/h6-9,15,17-18,21H,3-5,10-14,16H2,1-2H3/t21-/m1/s1. The van der Waals surface area contributed by atoms with Gasteiger partial charge in [0.1, 0.15) is 20.9 Å². The van der Waals surface area contributed by atoms with E-state index < -0.39 is 9.84 Å². The van der Waals surface area contributed by atoms with Crippen molar-refractivity contribution in [3.63, 3.8) is 0 Å². The first kappa shape index (κ1) is 23.5. The number of thiophene rings is 1. The van der Waals surface area contributed by atoms with Crippen molar-refractivity contribution in [2.24, 2.45) is 5.92 Å². The molecule has 0 spiro atoms. The molecule has 1 aromatic carbocycles. The second kappa shape index (κ2) is 9.43. The largest absolute Gasteiger partial charge is 0.370 e. The predicted molar refractivity (Wildman–Crippen MR) is 139 cm³/mol. The van der Waals surface area contributed by atoms with Crippen LogP contribution in [0.4, 0.5) is 5.69 Å². The Morgan fingerprint density at radius 2 is 1.88 bits per heavy atom. The van der Waals surface area contributed by atoms with Crippen molar-refractivity contribution in [1.82, 2.24) is 14.5 Å². The number of sulfone groups is 1. The molecule has 1 aliphatic heterocycles. The SMILES string of the molecule is CN(CCS(C)(=O)=O)[C@@H]1CCN(c2ccc(-n3cnc4cc(CCC5CC5)sc4c3=O)cc2)C1. The zero-order valence-corrected chi connectivity index (χ0v) is 21.4. The summed E-state index contributed by atoms with van der Waals surface area (Å²) in [4.78, 5) is 23.4. The van der Waals surface area contributed by atoms with E-state index in [4.69, 9.17) is 0 Å². The van der Waals surface area contributed by atoms with E-state index in [2.05, 4.69) is 33.0 Å². The van der Waals surface area contributed by atoms with Gasteiger partial charge in [-0.2, -0.15) is 0 Å². The minimum atomic E-state index is -2.95. The second-order valence-corrected chi connectivity index (χ2v) is 13.2. The molecule has 2 aliphatic rings. The molecular weight excluding hydrogens is 468 g/mol. The molecule has 3 heterocycles. The van der Waals surface area contributed by atoms with Crippen LogP contribution in [0.2, 0.25) is 0 Å². The quantitative estimate of drug-likeness (QED) is 0.449. The number of aromatic nitrogens is 2. The molecule has 3 aromatic rings. The Balaban J connectivity index is 1.26. The van der Waals surface area contributed by atoms with Crippen LogP contribution >= 0.6 is 11.3 Å². The fourth-order valence-corrected chi connectivity index (χ4v) is 6.35. The number of fused-ring (bicyclic) bond motifs is 1. The fourth-order valence-electron chi connectivity index (χ4n) is 4.67. The van der Waals surface area contributed by atoms with Crippen LogP contribution in [-0.4, -0.2) is 67.6 Å². The summed E-state index contributed by atoms with van der Waals surface area (Å²) in [6.45, 7) is 2.35. The number of anilines is 1. The molecule has 1 aliphatic carbocycles. The van der Waals surface area contributed by atoms with Gasteiger partial charge in [0.15, 0.2) is 0 Å². The van der Waals surface area contributed by atoms with E-state index >= 15 is 0 Å². The van der Waals surface area contributed by atoms with Crippen LogP contribution in [0.5, 0.6) is 0 Å². The molecule has 182 valence electrons. The van der Waals surface area contributed by atoms with Gasteiger partial charge in [-0.05, 0) is 62.6 Å². The Labute approximate surface area is 204 Å². The lowest BCUT2D eigenvalue weighted by Crippen LogP contribution is -2.37. The molecule has 1 saturated heterocycles. The predicted octanol–water partition coefficient (Wildman–Crippen LogP) is 3.34. The highest BCUT2D eigenvalue weighted by atomic mass is 32.2. The first-order valence-electron chi connectivity index (χ1n) is 12.0. The van der Waals surface area contributed by atoms with Crippen molar-refractivity contribution < 1.29 is 8.42 Å². The third-order valence-electron chi connectivity index (χ3n) is 7.08. The molecule has 9 heteroatoms. The van der Waals surface area contributed by atoms with Crippen molar-refractivity contribution in [3.05, 3.63) is 51.9 Å². The van der Waals surface area contributed by atoms with E-state index in [0.717, 1.165) is 53.4 Å². The van der Waals surface area contributed by atoms with E-state index in [0.29, 0.717) is 12.6 Å². The summed E-state index contributed by atoms with van der Waals surface area (Å²) in [5, 5.41) is 0. The number of nitrogens with zero attached hydrogens (tertiary/aromatic N) is 4. The number of aryl methyl sites for hydroxylation is 1. The summed E-state index contributed by atoms with van der Waals surface area (Å²) in [6, 6.07) is 10.5. The summed E-state index contributed by atoms with van der Waals surface area (Å²) >= 11 is 1.59. The van der Waals surface area contributed by atoms with Crippen molar-refractivity contribution in [1.29, 1.82) is 0 Å². The molecule has 0 radical (unpaired) electrons. The Kier molecular flexibility index (Phi) is 6.52. The third kappa shape index (κ3) is 5.37. The second-order valence-electron chi connectivity index (χ2n) is 9.84. The first-order chi connectivity index (χ1) is 16.3. The summed E-state index contributed by atoms with van der Waals surface area (Å²) in [7, 11) is -0.953. The van der Waals surface area contributed by atoms with Gasteiger partial charge in [0.25, 0.3) is 5.56 Å². The van der Waals surface area contributed by atoms with Gasteiger partial charge in [-0.25, -0.2) is 13.4 Å². The van der Waals surface area contributed by atoms with Crippen molar-refractivity contribution in [3.8, 4) is 5.69 Å². The first-order valence-corrected chi connectivity index (χ1v) is 14.9. The van der Waals surface area contributed by atoms with Crippen LogP contribution in [0.25, 0.3) is 15.9 Å². The number of likely N-dealkylation sites (N-methyl/N-ethyl adjacent to an activating group) is 1. The maximum absolute atomic E-state index is 13.2. The van der Waals surface area contributed by atoms with Crippen LogP contribution in [0.15, 0.2) is 41.5 Å². The van der Waals surface area contributed by atoms with Gasteiger partial charge in [-0.15, -0.1) is 11.3 Å². The summed E-state index contributed by atoms with van der Waals surface area (Å²) in [5.41, 5.74) is 2.73. The lowest BCUT2D eigenvalue weighted by molar-refractivity contribution is 0.273. The average Bonchev–Trinajstić information content (AvgIpc) is 3.33. The molecule has 1 atom stereocenters. The topological polar surface area (TPSA) is 75.5 Å². The smallest absolute Gasteiger partial charge is 0.275 e. The third-order valence-corrected chi connectivity index (χ3v) is 9.18. The maximum Gasteiger partial charge on any atom is 0.275 e. The maximum atomic E-state index is 13.2. The highest BCUT2D eigenvalue weighted by molar-refractivity contribution is 7.90. The highest BCUT2D eigenvalue weighted by Crippen LogP contribution is 2.35. The molecule has 7 nitrogen and oxygen atoms in total. The number of hydrogen-bond acceptors (Lipinski definition) is 7. The van der Waals surface area contributed by atoms with Gasteiger partial charge in [-0.1, -0.05) is 12.8 Å². The van der Waals surface area contributed by atoms with E-state index in [1.807, 2.05) is 19.2 Å². The summed E-state index contributed by atoms with van der Waals surface area (Å²) in [5.74, 6) is 1.07. The van der Waals surface area contributed by atoms with Crippen molar-refractivity contribution >= 4 is 37.1 Å². The Hall–Kier alpha value is -2.23. The summed E-state index contributed by atoms with van der Waals surface area (Å²) < 4.78 is 25.3. The molecule has 1 saturated carbocycles. The highest BCUT2D eigenvalue weighted by Gasteiger charge is 2.26. The molecule has 0 N–H and O–H groups in total. The van der Waals surface area contributed by atoms with E-state index in [-0.39, 0.29) is 11.3 Å². The Bertz CT molecular complexity index is 1330. The Morgan fingerprint density at radius 1 is 1.15 bits per heavy atom. The number of benzene rings is 1. The Morgan fingerprint density at radius 3 is 2.59 bits per heavy atom. The van der Waals surface area contributed by atoms with Gasteiger partial charge in [-0.3, -0.25) is 9.36 Å². The molecule has 0 bridgehead atoms. The van der Waals surface area contributed by atoms with Crippen LogP contribution < -0.4 is 10.5 Å². The molecule has 2 fully saturated rings. The van der Waals surface area contributed by atoms with Crippen LogP contribution in [0, 0.1) is 5.92 Å². The van der Waals surface area contributed by atoms with Crippen LogP contribution in [0.1, 0.15) is 30.6 Å². The van der Waals surface area contributed by atoms with Gasteiger partial charge in [0, 0.05) is 42.5 Å².